The smallest absolute Gasteiger partial charge is 0.108 e. The topological polar surface area (TPSA) is 46.7 Å². The van der Waals surface area contributed by atoms with Crippen LogP contribution in [0.15, 0.2) is 122 Å². The van der Waals surface area contributed by atoms with E-state index in [4.69, 9.17) is 5.73 Å². The Hall–Kier alpha value is -4.76. The van der Waals surface area contributed by atoms with Crippen molar-refractivity contribution in [3.63, 3.8) is 0 Å². The normalized spacial score (nSPS) is 13.7. The number of allylic oxidation sites excluding steroid dienone is 8. The molecule has 3 N–H and O–H groups in total. The fourth-order valence-electron chi connectivity index (χ4n) is 5.74. The van der Waals surface area contributed by atoms with Gasteiger partial charge in [-0.25, -0.2) is 0 Å². The standard InChI is InChI=1S/C36H33N3/c1-3-4-5-13-25(2)27-16-12-15-26(24-27)14-6-11-21-34(37)39-32-20-10-8-18-29(32)36-33(39)23-22-31-35(36)28-17-7-9-19-30(28)38-31/h3-13,15-21,24,38H,2,14,22-23,37H2,1H3/b4-3-,11-6-,13-5-,34-21+. The molecule has 2 heterocycles. The number of aryl methyl sites for hydroxylation is 1. The summed E-state index contributed by atoms with van der Waals surface area (Å²) in [6.45, 7) is 6.21. The molecule has 6 rings (SSSR count). The number of para-hydroxylation sites is 2. The van der Waals surface area contributed by atoms with E-state index in [0.717, 1.165) is 41.7 Å². The number of benzene rings is 3. The highest BCUT2D eigenvalue weighted by Gasteiger charge is 2.27. The number of rotatable bonds is 7. The molecule has 2 aromatic heterocycles. The van der Waals surface area contributed by atoms with E-state index in [1.54, 1.807) is 0 Å². The first-order chi connectivity index (χ1) is 19.2. The molecule has 0 spiro atoms. The van der Waals surface area contributed by atoms with E-state index in [9.17, 15) is 0 Å². The summed E-state index contributed by atoms with van der Waals surface area (Å²) in [6, 6.07) is 25.8. The maximum absolute atomic E-state index is 6.78. The molecule has 1 aliphatic rings. The van der Waals surface area contributed by atoms with Gasteiger partial charge in [0.15, 0.2) is 0 Å². The lowest BCUT2D eigenvalue weighted by molar-refractivity contribution is 0.852. The predicted octanol–water partition coefficient (Wildman–Crippen LogP) is 8.59. The van der Waals surface area contributed by atoms with Crippen LogP contribution in [-0.2, 0) is 19.3 Å². The number of aromatic amines is 1. The van der Waals surface area contributed by atoms with E-state index in [1.165, 1.54) is 44.4 Å². The first kappa shape index (κ1) is 24.6. The van der Waals surface area contributed by atoms with Crippen LogP contribution < -0.4 is 5.73 Å². The lowest BCUT2D eigenvalue weighted by Crippen LogP contribution is -2.12. The summed E-state index contributed by atoms with van der Waals surface area (Å²) in [5.41, 5.74) is 17.7. The summed E-state index contributed by atoms with van der Waals surface area (Å²) in [6.07, 6.45) is 17.1. The van der Waals surface area contributed by atoms with Crippen LogP contribution in [0.4, 0.5) is 0 Å². The second kappa shape index (κ2) is 10.5. The van der Waals surface area contributed by atoms with Crippen molar-refractivity contribution >= 4 is 33.2 Å². The molecule has 3 aromatic carbocycles. The summed E-state index contributed by atoms with van der Waals surface area (Å²) in [5, 5.41) is 2.53. The number of nitrogens with zero attached hydrogens (tertiary/aromatic N) is 1. The quantitative estimate of drug-likeness (QED) is 0.213. The SMILES string of the molecule is C=C(/C=C\C=C/C)c1cccc(C/C=C\C=C(/N)n2c3c(c4ccccc42)-c2c([nH]c4ccccc24)CC3)c1. The number of fused-ring (bicyclic) bond motifs is 7. The average Bonchev–Trinajstić information content (AvgIpc) is 3.51. The minimum Gasteiger partial charge on any atom is -0.385 e. The number of hydrogen-bond donors (Lipinski definition) is 2. The fourth-order valence-corrected chi connectivity index (χ4v) is 5.74. The van der Waals surface area contributed by atoms with Crippen LogP contribution in [0.5, 0.6) is 0 Å². The number of H-pyrrole nitrogens is 1. The van der Waals surface area contributed by atoms with Crippen LogP contribution in [0.3, 0.4) is 0 Å². The van der Waals surface area contributed by atoms with Gasteiger partial charge >= 0.3 is 0 Å². The Kier molecular flexibility index (Phi) is 6.64. The Labute approximate surface area is 230 Å². The van der Waals surface area contributed by atoms with Gasteiger partial charge in [-0.1, -0.05) is 104 Å². The molecule has 39 heavy (non-hydrogen) atoms. The van der Waals surface area contributed by atoms with Gasteiger partial charge in [0.1, 0.15) is 5.82 Å². The molecule has 3 nitrogen and oxygen atoms in total. The number of aromatic nitrogens is 2. The predicted molar refractivity (Wildman–Crippen MR) is 167 cm³/mol. The van der Waals surface area contributed by atoms with E-state index < -0.39 is 0 Å². The molecule has 5 aromatic rings. The van der Waals surface area contributed by atoms with E-state index in [0.29, 0.717) is 0 Å². The summed E-state index contributed by atoms with van der Waals surface area (Å²) in [4.78, 5) is 3.66. The zero-order valence-corrected chi connectivity index (χ0v) is 22.3. The molecular formula is C36H33N3. The Bertz CT molecular complexity index is 1820. The highest BCUT2D eigenvalue weighted by atomic mass is 15.1. The zero-order chi connectivity index (χ0) is 26.8. The van der Waals surface area contributed by atoms with Crippen molar-refractivity contribution in [2.75, 3.05) is 0 Å². The summed E-state index contributed by atoms with van der Waals surface area (Å²) >= 11 is 0. The molecule has 0 saturated heterocycles. The zero-order valence-electron chi connectivity index (χ0n) is 22.3. The van der Waals surface area contributed by atoms with Gasteiger partial charge in [0.2, 0.25) is 0 Å². The second-order valence-electron chi connectivity index (χ2n) is 10.0. The van der Waals surface area contributed by atoms with Crippen molar-refractivity contribution in [3.05, 3.63) is 144 Å². The third-order valence-corrected chi connectivity index (χ3v) is 7.53. The van der Waals surface area contributed by atoms with Crippen LogP contribution in [-0.4, -0.2) is 9.55 Å². The van der Waals surface area contributed by atoms with Crippen molar-refractivity contribution in [1.82, 2.24) is 9.55 Å². The van der Waals surface area contributed by atoms with E-state index >= 15 is 0 Å². The second-order valence-corrected chi connectivity index (χ2v) is 10.0. The molecule has 0 atom stereocenters. The van der Waals surface area contributed by atoms with E-state index in [-0.39, 0.29) is 0 Å². The Balaban J connectivity index is 1.30. The van der Waals surface area contributed by atoms with Gasteiger partial charge in [0, 0.05) is 38.8 Å². The van der Waals surface area contributed by atoms with Crippen LogP contribution in [0, 0.1) is 0 Å². The maximum atomic E-state index is 6.78. The molecule has 0 saturated carbocycles. The lowest BCUT2D eigenvalue weighted by atomic mass is 9.91. The first-order valence-electron chi connectivity index (χ1n) is 13.6. The van der Waals surface area contributed by atoms with Gasteiger partial charge in [-0.2, -0.15) is 0 Å². The summed E-state index contributed by atoms with van der Waals surface area (Å²) < 4.78 is 2.25. The van der Waals surface area contributed by atoms with E-state index in [1.807, 2.05) is 37.3 Å². The fraction of sp³-hybridized carbons (Fsp3) is 0.111. The van der Waals surface area contributed by atoms with Gasteiger partial charge in [-0.3, -0.25) is 4.57 Å². The number of nitrogens with one attached hydrogen (secondary N) is 1. The maximum Gasteiger partial charge on any atom is 0.108 e. The van der Waals surface area contributed by atoms with Crippen LogP contribution in [0.25, 0.3) is 44.3 Å². The molecule has 0 amide bonds. The highest BCUT2D eigenvalue weighted by molar-refractivity contribution is 6.09. The summed E-state index contributed by atoms with van der Waals surface area (Å²) in [7, 11) is 0. The van der Waals surface area contributed by atoms with E-state index in [2.05, 4.69) is 101 Å². The molecular weight excluding hydrogens is 474 g/mol. The van der Waals surface area contributed by atoms with Crippen molar-refractivity contribution in [2.45, 2.75) is 26.2 Å². The van der Waals surface area contributed by atoms with Gasteiger partial charge in [-0.05, 0) is 61.1 Å². The number of hydrogen-bond acceptors (Lipinski definition) is 1. The molecule has 0 fully saturated rings. The van der Waals surface area contributed by atoms with Crippen molar-refractivity contribution < 1.29 is 0 Å². The molecule has 0 radical (unpaired) electrons. The third-order valence-electron chi connectivity index (χ3n) is 7.53. The molecule has 0 aliphatic heterocycles. The van der Waals surface area contributed by atoms with Crippen LogP contribution in [0.2, 0.25) is 0 Å². The van der Waals surface area contributed by atoms with Gasteiger partial charge < -0.3 is 10.7 Å². The molecule has 0 unspecified atom stereocenters. The number of nitrogens with two attached hydrogens (primary N) is 1. The van der Waals surface area contributed by atoms with Gasteiger partial charge in [0.05, 0.1) is 5.52 Å². The monoisotopic (exact) mass is 507 g/mol. The van der Waals surface area contributed by atoms with Crippen LogP contribution in [0.1, 0.15) is 29.4 Å². The molecule has 192 valence electrons. The lowest BCUT2D eigenvalue weighted by Gasteiger charge is -2.17. The Morgan fingerprint density at radius 3 is 2.62 bits per heavy atom. The summed E-state index contributed by atoms with van der Waals surface area (Å²) in [5.74, 6) is 0.739. The molecule has 0 bridgehead atoms. The van der Waals surface area contributed by atoms with Gasteiger partial charge in [-0.15, -0.1) is 0 Å². The largest absolute Gasteiger partial charge is 0.385 e. The van der Waals surface area contributed by atoms with Crippen molar-refractivity contribution in [3.8, 4) is 11.1 Å². The molecule has 1 aliphatic carbocycles. The average molecular weight is 508 g/mol. The Morgan fingerprint density at radius 2 is 1.74 bits per heavy atom. The van der Waals surface area contributed by atoms with Crippen molar-refractivity contribution in [1.29, 1.82) is 0 Å². The highest BCUT2D eigenvalue weighted by Crippen LogP contribution is 2.45. The minimum atomic E-state index is 0.739. The van der Waals surface area contributed by atoms with Crippen LogP contribution >= 0.6 is 0 Å². The van der Waals surface area contributed by atoms with Gasteiger partial charge in [0.25, 0.3) is 0 Å². The third kappa shape index (κ3) is 4.57. The minimum absolute atomic E-state index is 0.739. The molecule has 3 heteroatoms. The Morgan fingerprint density at radius 1 is 0.923 bits per heavy atom. The van der Waals surface area contributed by atoms with Crippen molar-refractivity contribution in [2.24, 2.45) is 5.73 Å². The first-order valence-corrected chi connectivity index (χ1v) is 13.6.